The van der Waals surface area contributed by atoms with Gasteiger partial charge in [-0.2, -0.15) is 5.10 Å². The predicted molar refractivity (Wildman–Crippen MR) is 81.2 cm³/mol. The van der Waals surface area contributed by atoms with E-state index in [9.17, 15) is 9.59 Å². The molecule has 1 aliphatic carbocycles. The van der Waals surface area contributed by atoms with Crippen molar-refractivity contribution < 1.29 is 9.59 Å². The highest BCUT2D eigenvalue weighted by molar-refractivity contribution is 7.22. The number of H-pyrrole nitrogens is 1. The summed E-state index contributed by atoms with van der Waals surface area (Å²) in [4.78, 5) is 27.7. The lowest BCUT2D eigenvalue weighted by Gasteiger charge is -1.98. The lowest BCUT2D eigenvalue weighted by molar-refractivity contribution is -0.117. The second kappa shape index (κ2) is 5.28. The molecule has 0 saturated heterocycles. The van der Waals surface area contributed by atoms with Crippen LogP contribution in [0.5, 0.6) is 0 Å². The van der Waals surface area contributed by atoms with Crippen LogP contribution >= 0.6 is 11.3 Å². The maximum Gasteiger partial charge on any atom is 0.249 e. The molecule has 2 aromatic heterocycles. The maximum atomic E-state index is 11.7. The first kappa shape index (κ1) is 13.7. The Balaban J connectivity index is 1.77. The van der Waals surface area contributed by atoms with E-state index >= 15 is 0 Å². The van der Waals surface area contributed by atoms with Crippen LogP contribution in [0.3, 0.4) is 0 Å². The minimum absolute atomic E-state index is 0.00879. The number of thiazole rings is 1. The van der Waals surface area contributed by atoms with Crippen LogP contribution in [0, 0.1) is 5.92 Å². The number of allylic oxidation sites excluding steroid dienone is 1. The van der Waals surface area contributed by atoms with Crippen LogP contribution in [0.4, 0.5) is 10.9 Å². The first-order valence-electron chi connectivity index (χ1n) is 6.64. The molecule has 110 valence electrons. The van der Waals surface area contributed by atoms with Gasteiger partial charge >= 0.3 is 0 Å². The highest BCUT2D eigenvalue weighted by Crippen LogP contribution is 2.33. The molecule has 0 aromatic carbocycles. The maximum absolute atomic E-state index is 11.7. The van der Waals surface area contributed by atoms with Gasteiger partial charge in [-0.05, 0) is 26.7 Å². The van der Waals surface area contributed by atoms with Crippen LogP contribution in [0.2, 0.25) is 0 Å². The molecule has 1 saturated carbocycles. The van der Waals surface area contributed by atoms with Gasteiger partial charge in [-0.15, -0.1) is 0 Å². The van der Waals surface area contributed by atoms with Crippen LogP contribution in [-0.4, -0.2) is 27.0 Å². The van der Waals surface area contributed by atoms with Crippen molar-refractivity contribution in [1.82, 2.24) is 15.2 Å². The van der Waals surface area contributed by atoms with Crippen molar-refractivity contribution in [2.45, 2.75) is 26.7 Å². The minimum Gasteiger partial charge on any atom is -0.304 e. The molecular weight excluding hydrogens is 290 g/mol. The molecule has 1 fully saturated rings. The van der Waals surface area contributed by atoms with Gasteiger partial charge < -0.3 is 10.6 Å². The number of aromatic nitrogens is 3. The fourth-order valence-electron chi connectivity index (χ4n) is 1.82. The molecule has 0 unspecified atom stereocenters. The van der Waals surface area contributed by atoms with Crippen LogP contribution in [-0.2, 0) is 9.59 Å². The van der Waals surface area contributed by atoms with Gasteiger partial charge in [0.1, 0.15) is 4.70 Å². The number of anilines is 2. The number of amides is 2. The van der Waals surface area contributed by atoms with E-state index in [4.69, 9.17) is 0 Å². The van der Waals surface area contributed by atoms with E-state index < -0.39 is 0 Å². The predicted octanol–water partition coefficient (Wildman–Crippen LogP) is 2.27. The fourth-order valence-corrected chi connectivity index (χ4v) is 2.69. The van der Waals surface area contributed by atoms with E-state index in [1.54, 1.807) is 0 Å². The Morgan fingerprint density at radius 2 is 2.10 bits per heavy atom. The average molecular weight is 305 g/mol. The highest BCUT2D eigenvalue weighted by Gasteiger charge is 2.30. The smallest absolute Gasteiger partial charge is 0.249 e. The Labute approximate surface area is 124 Å². The molecule has 0 radical (unpaired) electrons. The standard InChI is InChI=1S/C13H15N5O2S/c1-6(2)5-8(19)14-10-9-11(18-17-10)15-13(21-9)16-12(20)7-3-4-7/h5,7H,3-4H2,1-2H3,(H3,14,15,16,17,18,19,20). The largest absolute Gasteiger partial charge is 0.304 e. The van der Waals surface area contributed by atoms with Crippen molar-refractivity contribution in [1.29, 1.82) is 0 Å². The van der Waals surface area contributed by atoms with E-state index in [-0.39, 0.29) is 17.7 Å². The number of hydrogen-bond acceptors (Lipinski definition) is 5. The number of aromatic amines is 1. The Bertz CT molecular complexity index is 737. The normalized spacial score (nSPS) is 14.0. The number of carbonyl (C=O) groups is 2. The zero-order valence-electron chi connectivity index (χ0n) is 11.7. The first-order valence-corrected chi connectivity index (χ1v) is 7.46. The second-order valence-corrected chi connectivity index (χ2v) is 6.24. The summed E-state index contributed by atoms with van der Waals surface area (Å²) in [6.45, 7) is 3.69. The molecule has 0 atom stereocenters. The Hall–Kier alpha value is -2.22. The zero-order valence-corrected chi connectivity index (χ0v) is 12.5. The van der Waals surface area contributed by atoms with Gasteiger partial charge in [-0.1, -0.05) is 16.9 Å². The third-order valence-corrected chi connectivity index (χ3v) is 3.93. The SMILES string of the molecule is CC(C)=CC(=O)Nc1n[nH]c2nc(NC(=O)C3CC3)sc12. The second-order valence-electron chi connectivity index (χ2n) is 5.24. The molecule has 1 aliphatic rings. The van der Waals surface area contributed by atoms with Gasteiger partial charge in [0.2, 0.25) is 11.8 Å². The highest BCUT2D eigenvalue weighted by atomic mass is 32.1. The third kappa shape index (κ3) is 3.10. The third-order valence-electron chi connectivity index (χ3n) is 2.96. The number of nitrogens with zero attached hydrogens (tertiary/aromatic N) is 2. The van der Waals surface area contributed by atoms with Gasteiger partial charge in [-0.3, -0.25) is 14.7 Å². The Morgan fingerprint density at radius 1 is 1.33 bits per heavy atom. The summed E-state index contributed by atoms with van der Waals surface area (Å²) in [6.07, 6.45) is 3.39. The molecule has 8 heteroatoms. The van der Waals surface area contributed by atoms with Crippen LogP contribution in [0.15, 0.2) is 11.6 Å². The molecule has 0 bridgehead atoms. The lowest BCUT2D eigenvalue weighted by Crippen LogP contribution is -2.12. The summed E-state index contributed by atoms with van der Waals surface area (Å²) in [6, 6.07) is 0. The summed E-state index contributed by atoms with van der Waals surface area (Å²) in [7, 11) is 0. The summed E-state index contributed by atoms with van der Waals surface area (Å²) >= 11 is 1.29. The van der Waals surface area contributed by atoms with Gasteiger partial charge in [-0.25, -0.2) is 4.98 Å². The Morgan fingerprint density at radius 3 is 2.76 bits per heavy atom. The van der Waals surface area contributed by atoms with Crippen molar-refractivity contribution >= 4 is 44.4 Å². The van der Waals surface area contributed by atoms with Gasteiger partial charge in [0.15, 0.2) is 16.6 Å². The Kier molecular flexibility index (Phi) is 3.46. The van der Waals surface area contributed by atoms with E-state index in [2.05, 4.69) is 25.8 Å². The molecule has 0 aliphatic heterocycles. The van der Waals surface area contributed by atoms with E-state index in [1.165, 1.54) is 17.4 Å². The van der Waals surface area contributed by atoms with Crippen molar-refractivity contribution in [3.63, 3.8) is 0 Å². The zero-order chi connectivity index (χ0) is 15.0. The van der Waals surface area contributed by atoms with Crippen molar-refractivity contribution in [2.75, 3.05) is 10.6 Å². The summed E-state index contributed by atoms with van der Waals surface area (Å²) in [5.74, 6) is 0.328. The summed E-state index contributed by atoms with van der Waals surface area (Å²) in [5.41, 5.74) is 1.46. The molecule has 3 rings (SSSR count). The quantitative estimate of drug-likeness (QED) is 0.754. The number of hydrogen-bond donors (Lipinski definition) is 3. The monoisotopic (exact) mass is 305 g/mol. The fraction of sp³-hybridized carbons (Fsp3) is 0.385. The molecule has 2 heterocycles. The number of fused-ring (bicyclic) bond motifs is 1. The van der Waals surface area contributed by atoms with Crippen molar-refractivity contribution in [2.24, 2.45) is 5.92 Å². The van der Waals surface area contributed by atoms with E-state index in [0.29, 0.717) is 16.6 Å². The van der Waals surface area contributed by atoms with Crippen LogP contribution < -0.4 is 10.6 Å². The van der Waals surface area contributed by atoms with Gasteiger partial charge in [0.25, 0.3) is 0 Å². The molecule has 0 spiro atoms. The first-order chi connectivity index (χ1) is 10.0. The van der Waals surface area contributed by atoms with Crippen molar-refractivity contribution in [3.8, 4) is 0 Å². The number of rotatable bonds is 4. The molecule has 2 amide bonds. The lowest BCUT2D eigenvalue weighted by atomic mass is 10.3. The topological polar surface area (TPSA) is 99.8 Å². The van der Waals surface area contributed by atoms with E-state index in [1.807, 2.05) is 13.8 Å². The van der Waals surface area contributed by atoms with Crippen molar-refractivity contribution in [3.05, 3.63) is 11.6 Å². The number of carbonyl (C=O) groups excluding carboxylic acids is 2. The van der Waals surface area contributed by atoms with E-state index in [0.717, 1.165) is 23.1 Å². The molecule has 7 nitrogen and oxygen atoms in total. The molecule has 2 aromatic rings. The minimum atomic E-state index is -0.236. The van der Waals surface area contributed by atoms with Gasteiger partial charge in [0.05, 0.1) is 0 Å². The van der Waals surface area contributed by atoms with Crippen LogP contribution in [0.1, 0.15) is 26.7 Å². The van der Waals surface area contributed by atoms with Crippen LogP contribution in [0.25, 0.3) is 10.3 Å². The molecule has 21 heavy (non-hydrogen) atoms. The summed E-state index contributed by atoms with van der Waals surface area (Å²) in [5, 5.41) is 12.8. The molecule has 3 N–H and O–H groups in total. The molecular formula is C13H15N5O2S. The number of nitrogens with one attached hydrogen (secondary N) is 3. The average Bonchev–Trinajstić information content (AvgIpc) is 3.08. The van der Waals surface area contributed by atoms with Gasteiger partial charge in [0, 0.05) is 12.0 Å². The summed E-state index contributed by atoms with van der Waals surface area (Å²) < 4.78 is 0.719.